The summed E-state index contributed by atoms with van der Waals surface area (Å²) in [5, 5.41) is 16.8. The molecule has 2 N–H and O–H groups in total. The van der Waals surface area contributed by atoms with Crippen LogP contribution in [0, 0.1) is 5.92 Å². The number of hydrogen-bond donors (Lipinski definition) is 2. The van der Waals surface area contributed by atoms with Gasteiger partial charge in [-0.1, -0.05) is 56.3 Å². The van der Waals surface area contributed by atoms with Gasteiger partial charge in [0.1, 0.15) is 6.04 Å². The van der Waals surface area contributed by atoms with Gasteiger partial charge in [0.15, 0.2) is 5.82 Å². The highest BCUT2D eigenvalue weighted by molar-refractivity contribution is 5.77. The topological polar surface area (TPSA) is 88.2 Å². The van der Waals surface area contributed by atoms with Crippen LogP contribution < -0.4 is 5.32 Å². The van der Waals surface area contributed by atoms with Crippen molar-refractivity contribution in [3.05, 3.63) is 47.6 Å². The first-order chi connectivity index (χ1) is 11.5. The van der Waals surface area contributed by atoms with Crippen LogP contribution in [-0.2, 0) is 11.2 Å². The number of carbonyl (C=O) groups excluding carboxylic acids is 1. The number of aromatic nitrogens is 2. The number of amides is 1. The Bertz CT molecular complexity index is 640. The standard InChI is InChI=1S/C18H25N3O3/c1-4-8-16-20-18(21-24-16)17(13-9-6-5-7-10-13)19-15(23)11-14(22)12(2)3/h5-7,9-10,12,14,17,22H,4,8,11H2,1-3H3,(H,19,23). The van der Waals surface area contributed by atoms with E-state index in [0.717, 1.165) is 12.0 Å². The molecule has 2 aromatic rings. The minimum absolute atomic E-state index is 0.0206. The molecule has 2 unspecified atom stereocenters. The number of carbonyl (C=O) groups is 1. The van der Waals surface area contributed by atoms with Crippen molar-refractivity contribution in [1.82, 2.24) is 15.5 Å². The molecule has 0 bridgehead atoms. The molecule has 2 atom stereocenters. The fraction of sp³-hybridized carbons (Fsp3) is 0.500. The maximum atomic E-state index is 12.3. The molecule has 0 radical (unpaired) electrons. The van der Waals surface area contributed by atoms with Gasteiger partial charge in [0.05, 0.1) is 12.5 Å². The fourth-order valence-corrected chi connectivity index (χ4v) is 2.29. The lowest BCUT2D eigenvalue weighted by atomic mass is 10.0. The first kappa shape index (κ1) is 18.1. The Morgan fingerprint density at radius 3 is 2.62 bits per heavy atom. The van der Waals surface area contributed by atoms with Crippen molar-refractivity contribution >= 4 is 5.91 Å². The molecule has 24 heavy (non-hydrogen) atoms. The van der Waals surface area contributed by atoms with Crippen LogP contribution in [0.15, 0.2) is 34.9 Å². The Kier molecular flexibility index (Phi) is 6.49. The maximum Gasteiger partial charge on any atom is 0.226 e. The molecule has 0 spiro atoms. The van der Waals surface area contributed by atoms with Gasteiger partial charge in [-0.05, 0) is 17.9 Å². The zero-order chi connectivity index (χ0) is 17.5. The predicted molar refractivity (Wildman–Crippen MR) is 90.2 cm³/mol. The summed E-state index contributed by atoms with van der Waals surface area (Å²) in [5.74, 6) is 0.765. The van der Waals surface area contributed by atoms with Gasteiger partial charge < -0.3 is 14.9 Å². The molecular weight excluding hydrogens is 306 g/mol. The van der Waals surface area contributed by atoms with E-state index in [0.29, 0.717) is 18.1 Å². The van der Waals surface area contributed by atoms with Crippen molar-refractivity contribution in [2.45, 2.75) is 52.2 Å². The quantitative estimate of drug-likeness (QED) is 0.776. The van der Waals surface area contributed by atoms with Crippen LogP contribution in [0.25, 0.3) is 0 Å². The van der Waals surface area contributed by atoms with Crippen LogP contribution in [0.4, 0.5) is 0 Å². The van der Waals surface area contributed by atoms with Crippen molar-refractivity contribution in [2.24, 2.45) is 5.92 Å². The largest absolute Gasteiger partial charge is 0.392 e. The van der Waals surface area contributed by atoms with E-state index in [-0.39, 0.29) is 18.2 Å². The van der Waals surface area contributed by atoms with Crippen molar-refractivity contribution in [3.8, 4) is 0 Å². The van der Waals surface area contributed by atoms with E-state index in [1.54, 1.807) is 0 Å². The summed E-state index contributed by atoms with van der Waals surface area (Å²) in [7, 11) is 0. The molecular formula is C18H25N3O3. The number of nitrogens with one attached hydrogen (secondary N) is 1. The lowest BCUT2D eigenvalue weighted by Gasteiger charge is -2.18. The van der Waals surface area contributed by atoms with Crippen LogP contribution in [0.1, 0.15) is 56.9 Å². The third kappa shape index (κ3) is 4.89. The zero-order valence-corrected chi connectivity index (χ0v) is 14.4. The van der Waals surface area contributed by atoms with Gasteiger partial charge in [-0.15, -0.1) is 0 Å². The summed E-state index contributed by atoms with van der Waals surface area (Å²) >= 11 is 0. The average molecular weight is 331 g/mol. The number of aryl methyl sites for hydroxylation is 1. The molecule has 6 heteroatoms. The zero-order valence-electron chi connectivity index (χ0n) is 14.4. The van der Waals surface area contributed by atoms with Gasteiger partial charge >= 0.3 is 0 Å². The van der Waals surface area contributed by atoms with Crippen LogP contribution >= 0.6 is 0 Å². The van der Waals surface area contributed by atoms with E-state index in [9.17, 15) is 9.90 Å². The minimum Gasteiger partial charge on any atom is -0.392 e. The first-order valence-corrected chi connectivity index (χ1v) is 8.36. The van der Waals surface area contributed by atoms with Crippen LogP contribution in [0.5, 0.6) is 0 Å². The molecule has 1 amide bonds. The monoisotopic (exact) mass is 331 g/mol. The minimum atomic E-state index is -0.678. The third-order valence-corrected chi connectivity index (χ3v) is 3.81. The molecule has 0 saturated heterocycles. The number of rotatable bonds is 8. The lowest BCUT2D eigenvalue weighted by molar-refractivity contribution is -0.124. The van der Waals surface area contributed by atoms with Crippen molar-refractivity contribution in [2.75, 3.05) is 0 Å². The highest BCUT2D eigenvalue weighted by atomic mass is 16.5. The second-order valence-electron chi connectivity index (χ2n) is 6.22. The Morgan fingerprint density at radius 1 is 1.29 bits per heavy atom. The van der Waals surface area contributed by atoms with Crippen LogP contribution in [0.3, 0.4) is 0 Å². The smallest absolute Gasteiger partial charge is 0.226 e. The number of nitrogens with zero attached hydrogens (tertiary/aromatic N) is 2. The van der Waals surface area contributed by atoms with E-state index in [2.05, 4.69) is 15.5 Å². The van der Waals surface area contributed by atoms with Crippen molar-refractivity contribution in [3.63, 3.8) is 0 Å². The fourth-order valence-electron chi connectivity index (χ4n) is 2.29. The van der Waals surface area contributed by atoms with Gasteiger partial charge in [-0.25, -0.2) is 0 Å². The van der Waals surface area contributed by atoms with E-state index in [1.807, 2.05) is 51.1 Å². The molecule has 2 rings (SSSR count). The molecule has 0 aliphatic rings. The number of benzene rings is 1. The number of aliphatic hydroxyl groups excluding tert-OH is 1. The maximum absolute atomic E-state index is 12.3. The van der Waals surface area contributed by atoms with E-state index < -0.39 is 12.1 Å². The number of aliphatic hydroxyl groups is 1. The van der Waals surface area contributed by atoms with Gasteiger partial charge in [-0.2, -0.15) is 4.98 Å². The van der Waals surface area contributed by atoms with Gasteiger partial charge in [-0.3, -0.25) is 4.79 Å². The Hall–Kier alpha value is -2.21. The summed E-state index contributed by atoms with van der Waals surface area (Å²) in [4.78, 5) is 16.7. The SMILES string of the molecule is CCCc1nc(C(NC(=O)CC(O)C(C)C)c2ccccc2)no1. The van der Waals surface area contributed by atoms with E-state index in [1.165, 1.54) is 0 Å². The summed E-state index contributed by atoms with van der Waals surface area (Å²) in [5.41, 5.74) is 0.869. The summed E-state index contributed by atoms with van der Waals surface area (Å²) in [6.45, 7) is 5.79. The third-order valence-electron chi connectivity index (χ3n) is 3.81. The van der Waals surface area contributed by atoms with Gasteiger partial charge in [0.25, 0.3) is 0 Å². The molecule has 1 aromatic carbocycles. The Balaban J connectivity index is 2.18. The second-order valence-corrected chi connectivity index (χ2v) is 6.22. The molecule has 1 heterocycles. The Morgan fingerprint density at radius 2 is 2.00 bits per heavy atom. The summed E-state index contributed by atoms with van der Waals surface area (Å²) in [6.07, 6.45) is 0.974. The molecule has 0 aliphatic carbocycles. The summed E-state index contributed by atoms with van der Waals surface area (Å²) < 4.78 is 5.25. The Labute approximate surface area is 142 Å². The molecule has 130 valence electrons. The van der Waals surface area contributed by atoms with E-state index in [4.69, 9.17) is 4.52 Å². The summed E-state index contributed by atoms with van der Waals surface area (Å²) in [6, 6.07) is 9.00. The van der Waals surface area contributed by atoms with Gasteiger partial charge in [0, 0.05) is 6.42 Å². The lowest BCUT2D eigenvalue weighted by Crippen LogP contribution is -2.33. The van der Waals surface area contributed by atoms with Gasteiger partial charge in [0.2, 0.25) is 11.8 Å². The first-order valence-electron chi connectivity index (χ1n) is 8.36. The highest BCUT2D eigenvalue weighted by Crippen LogP contribution is 2.20. The molecule has 6 nitrogen and oxygen atoms in total. The predicted octanol–water partition coefficient (Wildman–Crippen LogP) is 2.63. The molecule has 1 aromatic heterocycles. The van der Waals surface area contributed by atoms with Crippen molar-refractivity contribution in [1.29, 1.82) is 0 Å². The van der Waals surface area contributed by atoms with Crippen LogP contribution in [0.2, 0.25) is 0 Å². The molecule has 0 saturated carbocycles. The average Bonchev–Trinajstić information content (AvgIpc) is 3.02. The molecule has 0 fully saturated rings. The highest BCUT2D eigenvalue weighted by Gasteiger charge is 2.24. The van der Waals surface area contributed by atoms with Crippen molar-refractivity contribution < 1.29 is 14.4 Å². The normalized spacial score (nSPS) is 13.7. The molecule has 0 aliphatic heterocycles. The number of hydrogen-bond acceptors (Lipinski definition) is 5. The second kappa shape index (κ2) is 8.59. The van der Waals surface area contributed by atoms with Crippen LogP contribution in [-0.4, -0.2) is 27.3 Å². The van der Waals surface area contributed by atoms with E-state index >= 15 is 0 Å².